The van der Waals surface area contributed by atoms with Crippen LogP contribution in [-0.2, 0) is 0 Å². The average molecular weight is 334 g/mol. The maximum atomic E-state index is 9.35. The maximum absolute atomic E-state index is 9.35. The Kier molecular flexibility index (Phi) is 4.30. The van der Waals surface area contributed by atoms with E-state index in [-0.39, 0.29) is 0 Å². The fourth-order valence-electron chi connectivity index (χ4n) is 2.08. The normalized spacial score (nSPS) is 10.3. The Labute approximate surface area is 126 Å². The SMILES string of the molecule is CCN(CC)c1nn(-c2ccccc2Br)c(N)c1C#N. The van der Waals surface area contributed by atoms with Crippen molar-refractivity contribution in [3.05, 3.63) is 34.3 Å². The summed E-state index contributed by atoms with van der Waals surface area (Å²) in [6, 6.07) is 9.80. The lowest BCUT2D eigenvalue weighted by Crippen LogP contribution is -2.23. The van der Waals surface area contributed by atoms with Crippen molar-refractivity contribution in [2.24, 2.45) is 0 Å². The summed E-state index contributed by atoms with van der Waals surface area (Å²) in [7, 11) is 0. The largest absolute Gasteiger partial charge is 0.382 e. The molecule has 0 saturated heterocycles. The molecule has 0 aliphatic heterocycles. The molecule has 20 heavy (non-hydrogen) atoms. The summed E-state index contributed by atoms with van der Waals surface area (Å²) in [5.41, 5.74) is 7.33. The van der Waals surface area contributed by atoms with Gasteiger partial charge in [0.05, 0.1) is 5.69 Å². The minimum atomic E-state index is 0.362. The highest BCUT2D eigenvalue weighted by Gasteiger charge is 2.20. The van der Waals surface area contributed by atoms with Gasteiger partial charge in [0, 0.05) is 17.6 Å². The molecule has 0 radical (unpaired) electrons. The molecular formula is C14H16BrN5. The van der Waals surface area contributed by atoms with Gasteiger partial charge in [0.15, 0.2) is 5.82 Å². The summed E-state index contributed by atoms with van der Waals surface area (Å²) in [4.78, 5) is 2.02. The minimum absolute atomic E-state index is 0.362. The van der Waals surface area contributed by atoms with Gasteiger partial charge in [-0.25, -0.2) is 4.68 Å². The lowest BCUT2D eigenvalue weighted by molar-refractivity contribution is 0.807. The number of halogens is 1. The highest BCUT2D eigenvalue weighted by atomic mass is 79.9. The number of nitrogens with zero attached hydrogens (tertiary/aromatic N) is 4. The summed E-state index contributed by atoms with van der Waals surface area (Å²) >= 11 is 3.48. The van der Waals surface area contributed by atoms with Crippen LogP contribution in [0, 0.1) is 11.3 Å². The van der Waals surface area contributed by atoms with Gasteiger partial charge in [0.1, 0.15) is 17.5 Å². The van der Waals surface area contributed by atoms with Crippen LogP contribution in [0.25, 0.3) is 5.69 Å². The topological polar surface area (TPSA) is 70.9 Å². The predicted molar refractivity (Wildman–Crippen MR) is 84.0 cm³/mol. The Balaban J connectivity index is 2.63. The first-order valence-electron chi connectivity index (χ1n) is 6.42. The van der Waals surface area contributed by atoms with Gasteiger partial charge in [-0.1, -0.05) is 12.1 Å². The first-order valence-corrected chi connectivity index (χ1v) is 7.21. The van der Waals surface area contributed by atoms with Crippen molar-refractivity contribution >= 4 is 27.6 Å². The molecule has 0 saturated carbocycles. The molecule has 1 heterocycles. The van der Waals surface area contributed by atoms with Gasteiger partial charge in [-0.05, 0) is 41.9 Å². The Hall–Kier alpha value is -2.00. The van der Waals surface area contributed by atoms with E-state index in [0.29, 0.717) is 17.2 Å². The Morgan fingerprint density at radius 3 is 2.55 bits per heavy atom. The van der Waals surface area contributed by atoms with Crippen LogP contribution < -0.4 is 10.6 Å². The zero-order valence-corrected chi connectivity index (χ0v) is 13.1. The van der Waals surface area contributed by atoms with Gasteiger partial charge in [0.2, 0.25) is 0 Å². The number of para-hydroxylation sites is 1. The molecule has 0 atom stereocenters. The lowest BCUT2D eigenvalue weighted by Gasteiger charge is -2.17. The number of benzene rings is 1. The molecule has 2 N–H and O–H groups in total. The molecule has 0 unspecified atom stereocenters. The molecule has 5 nitrogen and oxygen atoms in total. The zero-order chi connectivity index (χ0) is 14.7. The van der Waals surface area contributed by atoms with E-state index >= 15 is 0 Å². The van der Waals surface area contributed by atoms with Crippen molar-refractivity contribution in [3.8, 4) is 11.8 Å². The first kappa shape index (κ1) is 14.4. The lowest BCUT2D eigenvalue weighted by atomic mass is 10.3. The Bertz CT molecular complexity index is 652. The van der Waals surface area contributed by atoms with E-state index in [2.05, 4.69) is 27.1 Å². The van der Waals surface area contributed by atoms with Crippen LogP contribution >= 0.6 is 15.9 Å². The van der Waals surface area contributed by atoms with Crippen LogP contribution in [0.15, 0.2) is 28.7 Å². The number of nitriles is 1. The average Bonchev–Trinajstić information content (AvgIpc) is 2.78. The number of nitrogen functional groups attached to an aromatic ring is 1. The highest BCUT2D eigenvalue weighted by molar-refractivity contribution is 9.10. The molecule has 0 fully saturated rings. The van der Waals surface area contributed by atoms with Crippen molar-refractivity contribution in [2.45, 2.75) is 13.8 Å². The molecule has 6 heteroatoms. The third kappa shape index (κ3) is 2.37. The third-order valence-corrected chi connectivity index (χ3v) is 3.83. The van der Waals surface area contributed by atoms with E-state index in [9.17, 15) is 5.26 Å². The summed E-state index contributed by atoms with van der Waals surface area (Å²) in [5, 5.41) is 13.9. The predicted octanol–water partition coefficient (Wildman–Crippen LogP) is 2.93. The van der Waals surface area contributed by atoms with Gasteiger partial charge < -0.3 is 10.6 Å². The van der Waals surface area contributed by atoms with Crippen molar-refractivity contribution in [3.63, 3.8) is 0 Å². The van der Waals surface area contributed by atoms with Gasteiger partial charge in [0.25, 0.3) is 0 Å². The molecule has 0 aliphatic rings. The van der Waals surface area contributed by atoms with Gasteiger partial charge in [-0.15, -0.1) is 5.10 Å². The molecule has 0 bridgehead atoms. The third-order valence-electron chi connectivity index (χ3n) is 3.16. The number of hydrogen-bond acceptors (Lipinski definition) is 4. The molecule has 1 aromatic heterocycles. The summed E-state index contributed by atoms with van der Waals surface area (Å²) in [6.07, 6.45) is 0. The second kappa shape index (κ2) is 5.97. The number of rotatable bonds is 4. The number of hydrogen-bond donors (Lipinski definition) is 1. The fraction of sp³-hybridized carbons (Fsp3) is 0.286. The van der Waals surface area contributed by atoms with E-state index < -0.39 is 0 Å². The smallest absolute Gasteiger partial charge is 0.171 e. The van der Waals surface area contributed by atoms with Gasteiger partial charge in [-0.3, -0.25) is 0 Å². The second-order valence-corrected chi connectivity index (χ2v) is 5.09. The van der Waals surface area contributed by atoms with Crippen LogP contribution in [0.2, 0.25) is 0 Å². The van der Waals surface area contributed by atoms with Crippen LogP contribution in [-0.4, -0.2) is 22.9 Å². The van der Waals surface area contributed by atoms with Crippen molar-refractivity contribution in [2.75, 3.05) is 23.7 Å². The van der Waals surface area contributed by atoms with Crippen molar-refractivity contribution in [1.29, 1.82) is 5.26 Å². The fourth-order valence-corrected chi connectivity index (χ4v) is 2.53. The van der Waals surface area contributed by atoms with E-state index in [1.165, 1.54) is 0 Å². The minimum Gasteiger partial charge on any atom is -0.382 e. The van der Waals surface area contributed by atoms with Crippen LogP contribution in [0.4, 0.5) is 11.6 Å². The first-order chi connectivity index (χ1) is 9.63. The Morgan fingerprint density at radius 1 is 1.35 bits per heavy atom. The molecule has 1 aromatic carbocycles. The van der Waals surface area contributed by atoms with E-state index in [0.717, 1.165) is 23.2 Å². The van der Waals surface area contributed by atoms with Crippen molar-refractivity contribution in [1.82, 2.24) is 9.78 Å². The number of anilines is 2. The summed E-state index contributed by atoms with van der Waals surface area (Å²) in [5.74, 6) is 0.993. The van der Waals surface area contributed by atoms with Gasteiger partial charge >= 0.3 is 0 Å². The van der Waals surface area contributed by atoms with E-state index in [4.69, 9.17) is 5.73 Å². The molecule has 2 rings (SSSR count). The van der Waals surface area contributed by atoms with E-state index in [1.807, 2.05) is 43.0 Å². The van der Waals surface area contributed by atoms with Crippen LogP contribution in [0.3, 0.4) is 0 Å². The van der Waals surface area contributed by atoms with Crippen molar-refractivity contribution < 1.29 is 0 Å². The Morgan fingerprint density at radius 2 is 2.00 bits per heavy atom. The standard InChI is InChI=1S/C14H16BrN5/c1-3-19(4-2)14-10(9-16)13(17)20(18-14)12-8-6-5-7-11(12)15/h5-8H,3-4,17H2,1-2H3. The molecule has 0 amide bonds. The monoisotopic (exact) mass is 333 g/mol. The van der Waals surface area contributed by atoms with Gasteiger partial charge in [-0.2, -0.15) is 5.26 Å². The summed E-state index contributed by atoms with van der Waals surface area (Å²) < 4.78 is 2.49. The molecule has 0 spiro atoms. The number of nitrogens with two attached hydrogens (primary N) is 1. The second-order valence-electron chi connectivity index (χ2n) is 4.23. The van der Waals surface area contributed by atoms with E-state index in [1.54, 1.807) is 4.68 Å². The number of aromatic nitrogens is 2. The zero-order valence-electron chi connectivity index (χ0n) is 11.5. The molecule has 2 aromatic rings. The van der Waals surface area contributed by atoms with Crippen LogP contribution in [0.5, 0.6) is 0 Å². The molecular weight excluding hydrogens is 318 g/mol. The summed E-state index contributed by atoms with van der Waals surface area (Å²) in [6.45, 7) is 5.60. The highest BCUT2D eigenvalue weighted by Crippen LogP contribution is 2.29. The molecule has 104 valence electrons. The molecule has 0 aliphatic carbocycles. The maximum Gasteiger partial charge on any atom is 0.171 e. The quantitative estimate of drug-likeness (QED) is 0.933. The van der Waals surface area contributed by atoms with Crippen LogP contribution in [0.1, 0.15) is 19.4 Å².